The molecule has 0 bridgehead atoms. The maximum atomic E-state index is 13.4. The number of nitriles is 1. The van der Waals surface area contributed by atoms with Crippen molar-refractivity contribution >= 4 is 23.4 Å². The topological polar surface area (TPSA) is 84.7 Å². The highest BCUT2D eigenvalue weighted by Gasteiger charge is 2.39. The van der Waals surface area contributed by atoms with E-state index < -0.39 is 29.1 Å². The average molecular weight is 545 g/mol. The molecule has 2 heterocycles. The van der Waals surface area contributed by atoms with Crippen molar-refractivity contribution in [2.45, 2.75) is 70.9 Å². The zero-order valence-electron chi connectivity index (χ0n) is 22.4. The van der Waals surface area contributed by atoms with Crippen LogP contribution in [0, 0.1) is 17.2 Å². The number of unbranched alkanes of at least 4 members (excludes halogenated alkanes) is 3. The Morgan fingerprint density at radius 1 is 1.00 bits per heavy atom. The number of rotatable bonds is 9. The van der Waals surface area contributed by atoms with Crippen molar-refractivity contribution in [2.24, 2.45) is 5.92 Å². The number of halogens is 3. The van der Waals surface area contributed by atoms with Gasteiger partial charge in [0.05, 0.1) is 22.9 Å². The fraction of sp³-hybridized carbons (Fsp3) is 0.586. The lowest BCUT2D eigenvalue weighted by molar-refractivity contribution is -0.138. The molecule has 1 aromatic rings. The molecule has 0 aromatic heterocycles. The summed E-state index contributed by atoms with van der Waals surface area (Å²) < 4.78 is 40.1. The summed E-state index contributed by atoms with van der Waals surface area (Å²) in [5.74, 6) is -0.667. The van der Waals surface area contributed by atoms with Gasteiger partial charge in [-0.2, -0.15) is 18.4 Å². The third-order valence-corrected chi connectivity index (χ3v) is 8.16. The first-order valence-corrected chi connectivity index (χ1v) is 13.8. The second-order valence-corrected chi connectivity index (χ2v) is 10.7. The Hall–Kier alpha value is -3.19. The molecule has 1 aromatic carbocycles. The van der Waals surface area contributed by atoms with Crippen LogP contribution in [0.25, 0.3) is 0 Å². The summed E-state index contributed by atoms with van der Waals surface area (Å²) in [5.41, 5.74) is -1.33. The van der Waals surface area contributed by atoms with Crippen LogP contribution in [0.2, 0.25) is 0 Å². The minimum atomic E-state index is -4.78. The van der Waals surface area contributed by atoms with Gasteiger partial charge in [-0.05, 0) is 63.8 Å². The van der Waals surface area contributed by atoms with Crippen molar-refractivity contribution in [3.63, 3.8) is 0 Å². The van der Waals surface area contributed by atoms with E-state index in [4.69, 9.17) is 5.26 Å². The largest absolute Gasteiger partial charge is 0.417 e. The lowest BCUT2D eigenvalue weighted by Gasteiger charge is -2.36. The van der Waals surface area contributed by atoms with Gasteiger partial charge in [0.1, 0.15) is 0 Å². The zero-order chi connectivity index (χ0) is 28.2. The van der Waals surface area contributed by atoms with Gasteiger partial charge in [-0.3, -0.25) is 19.3 Å². The standard InChI is InChI=1S/C29H35F3N4O3/c1-20-24(28(39)36(26(20)37)23-12-11-22(19-33)25(18-23)29(30,31)32)10-4-2-3-7-13-34-14-16-35(17-15-34)27(38)21-8-5-6-9-21/h11-12,18,21H,2-10,13-17H2,1H3. The average Bonchev–Trinajstić information content (AvgIpc) is 3.53. The van der Waals surface area contributed by atoms with Gasteiger partial charge >= 0.3 is 6.18 Å². The Kier molecular flexibility index (Phi) is 9.11. The molecule has 3 aliphatic rings. The molecule has 4 rings (SSSR count). The summed E-state index contributed by atoms with van der Waals surface area (Å²) in [6.45, 7) is 5.85. The van der Waals surface area contributed by atoms with E-state index in [0.717, 1.165) is 88.6 Å². The number of alkyl halides is 3. The predicted octanol–water partition coefficient (Wildman–Crippen LogP) is 5.05. The number of piperazine rings is 1. The highest BCUT2D eigenvalue weighted by atomic mass is 19.4. The summed E-state index contributed by atoms with van der Waals surface area (Å²) in [4.78, 5) is 43.5. The molecule has 0 atom stereocenters. The van der Waals surface area contributed by atoms with Gasteiger partial charge in [-0.15, -0.1) is 0 Å². The number of amides is 3. The fourth-order valence-corrected chi connectivity index (χ4v) is 5.83. The van der Waals surface area contributed by atoms with Gasteiger partial charge in [0.2, 0.25) is 5.91 Å². The minimum Gasteiger partial charge on any atom is -0.340 e. The van der Waals surface area contributed by atoms with Crippen LogP contribution in [0.3, 0.4) is 0 Å². The first-order valence-electron chi connectivity index (χ1n) is 13.8. The minimum absolute atomic E-state index is 0.185. The highest BCUT2D eigenvalue weighted by molar-refractivity contribution is 6.32. The van der Waals surface area contributed by atoms with Crippen molar-refractivity contribution in [1.82, 2.24) is 9.80 Å². The van der Waals surface area contributed by atoms with Crippen molar-refractivity contribution < 1.29 is 27.6 Å². The predicted molar refractivity (Wildman–Crippen MR) is 139 cm³/mol. The summed E-state index contributed by atoms with van der Waals surface area (Å²) in [6.07, 6.45) is 3.52. The molecule has 0 unspecified atom stereocenters. The van der Waals surface area contributed by atoms with Crippen LogP contribution < -0.4 is 4.90 Å². The van der Waals surface area contributed by atoms with E-state index in [1.807, 2.05) is 4.90 Å². The summed E-state index contributed by atoms with van der Waals surface area (Å²) >= 11 is 0. The zero-order valence-corrected chi connectivity index (χ0v) is 22.4. The van der Waals surface area contributed by atoms with Crippen LogP contribution in [0.15, 0.2) is 29.3 Å². The van der Waals surface area contributed by atoms with E-state index in [1.165, 1.54) is 19.1 Å². The summed E-state index contributed by atoms with van der Waals surface area (Å²) in [7, 11) is 0. The molecule has 1 saturated heterocycles. The van der Waals surface area contributed by atoms with Gasteiger partial charge in [-0.1, -0.05) is 25.7 Å². The van der Waals surface area contributed by atoms with Gasteiger partial charge in [0, 0.05) is 43.2 Å². The van der Waals surface area contributed by atoms with Crippen LogP contribution >= 0.6 is 0 Å². The molecule has 0 radical (unpaired) electrons. The van der Waals surface area contributed by atoms with E-state index in [-0.39, 0.29) is 17.2 Å². The Labute approximate surface area is 227 Å². The number of imide groups is 1. The summed E-state index contributed by atoms with van der Waals surface area (Å²) in [6, 6.07) is 4.38. The highest BCUT2D eigenvalue weighted by Crippen LogP contribution is 2.37. The molecule has 3 amide bonds. The molecular weight excluding hydrogens is 509 g/mol. The maximum Gasteiger partial charge on any atom is 0.417 e. The first kappa shape index (κ1) is 28.8. The molecule has 210 valence electrons. The van der Waals surface area contributed by atoms with E-state index >= 15 is 0 Å². The first-order chi connectivity index (χ1) is 18.6. The van der Waals surface area contributed by atoms with E-state index in [1.54, 1.807) is 0 Å². The van der Waals surface area contributed by atoms with E-state index in [2.05, 4.69) is 4.90 Å². The molecule has 39 heavy (non-hydrogen) atoms. The van der Waals surface area contributed by atoms with Crippen molar-refractivity contribution in [2.75, 3.05) is 37.6 Å². The number of hydrogen-bond donors (Lipinski definition) is 0. The third kappa shape index (κ3) is 6.52. The number of carbonyl (C=O) groups excluding carboxylic acids is 3. The number of hydrogen-bond acceptors (Lipinski definition) is 5. The molecular formula is C29H35F3N4O3. The number of carbonyl (C=O) groups is 3. The van der Waals surface area contributed by atoms with Crippen LogP contribution in [-0.2, 0) is 20.6 Å². The monoisotopic (exact) mass is 544 g/mol. The van der Waals surface area contributed by atoms with Gasteiger partial charge in [0.15, 0.2) is 0 Å². The number of benzene rings is 1. The van der Waals surface area contributed by atoms with Crippen LogP contribution in [0.1, 0.15) is 75.8 Å². The van der Waals surface area contributed by atoms with Crippen LogP contribution in [0.5, 0.6) is 0 Å². The van der Waals surface area contributed by atoms with E-state index in [0.29, 0.717) is 30.4 Å². The molecule has 2 fully saturated rings. The normalized spacial score (nSPS) is 19.4. The van der Waals surface area contributed by atoms with Crippen molar-refractivity contribution in [3.05, 3.63) is 40.5 Å². The lowest BCUT2D eigenvalue weighted by Crippen LogP contribution is -2.50. The molecule has 7 nitrogen and oxygen atoms in total. The molecule has 0 N–H and O–H groups in total. The van der Waals surface area contributed by atoms with Gasteiger partial charge in [0.25, 0.3) is 11.8 Å². The third-order valence-electron chi connectivity index (χ3n) is 8.16. The number of nitrogens with zero attached hydrogens (tertiary/aromatic N) is 4. The Bertz CT molecular complexity index is 1170. The Morgan fingerprint density at radius 2 is 1.67 bits per heavy atom. The second-order valence-electron chi connectivity index (χ2n) is 10.7. The maximum absolute atomic E-state index is 13.4. The molecule has 2 aliphatic heterocycles. The van der Waals surface area contributed by atoms with Gasteiger partial charge < -0.3 is 4.90 Å². The number of anilines is 1. The smallest absolute Gasteiger partial charge is 0.340 e. The molecule has 1 saturated carbocycles. The van der Waals surface area contributed by atoms with Crippen LogP contribution in [-0.4, -0.2) is 60.2 Å². The van der Waals surface area contributed by atoms with Crippen LogP contribution in [0.4, 0.5) is 18.9 Å². The quantitative estimate of drug-likeness (QED) is 0.321. The second kappa shape index (κ2) is 12.3. The molecule has 1 aliphatic carbocycles. The summed E-state index contributed by atoms with van der Waals surface area (Å²) in [5, 5.41) is 9.00. The Morgan fingerprint density at radius 3 is 2.31 bits per heavy atom. The van der Waals surface area contributed by atoms with Gasteiger partial charge in [-0.25, -0.2) is 4.90 Å². The van der Waals surface area contributed by atoms with Crippen molar-refractivity contribution in [1.29, 1.82) is 5.26 Å². The lowest BCUT2D eigenvalue weighted by atomic mass is 10.0. The Balaban J connectivity index is 1.20. The molecule has 0 spiro atoms. The SMILES string of the molecule is CC1=C(CCCCCCN2CCN(C(=O)C3CCCC3)CC2)C(=O)N(c2ccc(C#N)c(C(F)(F)F)c2)C1=O. The fourth-order valence-electron chi connectivity index (χ4n) is 5.83. The van der Waals surface area contributed by atoms with Crippen molar-refractivity contribution in [3.8, 4) is 6.07 Å². The van der Waals surface area contributed by atoms with E-state index in [9.17, 15) is 27.6 Å². The molecule has 10 heteroatoms.